The predicted molar refractivity (Wildman–Crippen MR) is 88.1 cm³/mol. The highest BCUT2D eigenvalue weighted by atomic mass is 16.5. The average Bonchev–Trinajstić information content (AvgIpc) is 2.50. The first-order valence-electron chi connectivity index (χ1n) is 8.57. The highest BCUT2D eigenvalue weighted by molar-refractivity contribution is 5.33. The number of piperidine rings is 1. The zero-order valence-electron chi connectivity index (χ0n) is 13.6. The van der Waals surface area contributed by atoms with Crippen LogP contribution in [0.25, 0.3) is 0 Å². The van der Waals surface area contributed by atoms with Gasteiger partial charge >= 0.3 is 0 Å². The molecule has 2 heterocycles. The lowest BCUT2D eigenvalue weighted by molar-refractivity contribution is -0.00657. The normalized spacial score (nSPS) is 24.2. The van der Waals surface area contributed by atoms with E-state index >= 15 is 0 Å². The molecule has 122 valence electrons. The fourth-order valence-corrected chi connectivity index (χ4v) is 3.72. The van der Waals surface area contributed by atoms with E-state index < -0.39 is 0 Å². The minimum Gasteiger partial charge on any atom is -0.491 e. The van der Waals surface area contributed by atoms with Crippen molar-refractivity contribution in [1.82, 2.24) is 9.80 Å². The molecule has 2 saturated heterocycles. The predicted octanol–water partition coefficient (Wildman–Crippen LogP) is 2.12. The van der Waals surface area contributed by atoms with Crippen LogP contribution in [0.15, 0.2) is 24.3 Å². The molecule has 0 aliphatic carbocycles. The van der Waals surface area contributed by atoms with Crippen molar-refractivity contribution in [2.45, 2.75) is 44.8 Å². The van der Waals surface area contributed by atoms with Gasteiger partial charge in [0.25, 0.3) is 0 Å². The van der Waals surface area contributed by atoms with Crippen LogP contribution in [0.3, 0.4) is 0 Å². The van der Waals surface area contributed by atoms with Gasteiger partial charge in [-0.2, -0.15) is 0 Å². The molecular weight excluding hydrogens is 276 g/mol. The summed E-state index contributed by atoms with van der Waals surface area (Å²) in [6.07, 6.45) is 4.11. The van der Waals surface area contributed by atoms with Crippen LogP contribution in [-0.2, 0) is 6.54 Å². The summed E-state index contributed by atoms with van der Waals surface area (Å²) in [6.45, 7) is 7.35. The van der Waals surface area contributed by atoms with Gasteiger partial charge in [0.15, 0.2) is 0 Å². The van der Waals surface area contributed by atoms with Gasteiger partial charge < -0.3 is 9.84 Å². The van der Waals surface area contributed by atoms with E-state index in [2.05, 4.69) is 28.9 Å². The van der Waals surface area contributed by atoms with E-state index in [0.29, 0.717) is 6.61 Å². The number of nitrogens with zero attached hydrogens (tertiary/aromatic N) is 2. The molecule has 1 atom stereocenters. The quantitative estimate of drug-likeness (QED) is 0.873. The average molecular weight is 304 g/mol. The Kier molecular flexibility index (Phi) is 5.34. The number of para-hydroxylation sites is 1. The Labute approximate surface area is 133 Å². The maximum atomic E-state index is 8.92. The van der Waals surface area contributed by atoms with Crippen LogP contribution in [-0.4, -0.2) is 59.8 Å². The van der Waals surface area contributed by atoms with Crippen molar-refractivity contribution in [2.24, 2.45) is 0 Å². The van der Waals surface area contributed by atoms with Gasteiger partial charge in [-0.3, -0.25) is 9.80 Å². The number of hydrogen-bond donors (Lipinski definition) is 1. The molecule has 2 fully saturated rings. The van der Waals surface area contributed by atoms with Crippen molar-refractivity contribution in [1.29, 1.82) is 0 Å². The zero-order valence-corrected chi connectivity index (χ0v) is 13.6. The highest BCUT2D eigenvalue weighted by Gasteiger charge is 2.35. The van der Waals surface area contributed by atoms with Crippen LogP contribution in [0.5, 0.6) is 5.75 Å². The van der Waals surface area contributed by atoms with Crippen LogP contribution in [0.2, 0.25) is 0 Å². The molecule has 22 heavy (non-hydrogen) atoms. The first-order chi connectivity index (χ1) is 10.8. The molecular formula is C18H28N2O2. The number of aliphatic hydroxyl groups is 1. The smallest absolute Gasteiger partial charge is 0.123 e. The van der Waals surface area contributed by atoms with Crippen LogP contribution < -0.4 is 4.74 Å². The van der Waals surface area contributed by atoms with Crippen LogP contribution in [0.4, 0.5) is 0 Å². The maximum Gasteiger partial charge on any atom is 0.123 e. The SMILES string of the molecule is C[C@H]1CCCCN1C1CN(Cc2ccccc2OCCO)C1. The Morgan fingerprint density at radius 2 is 2.05 bits per heavy atom. The van der Waals surface area contributed by atoms with E-state index in [0.717, 1.165) is 24.4 Å². The topological polar surface area (TPSA) is 35.9 Å². The van der Waals surface area contributed by atoms with Crippen LogP contribution >= 0.6 is 0 Å². The van der Waals surface area contributed by atoms with Gasteiger partial charge in [-0.05, 0) is 32.4 Å². The molecule has 1 N–H and O–H groups in total. The summed E-state index contributed by atoms with van der Waals surface area (Å²) >= 11 is 0. The van der Waals surface area contributed by atoms with Gasteiger partial charge in [0.1, 0.15) is 12.4 Å². The summed E-state index contributed by atoms with van der Waals surface area (Å²) in [5.74, 6) is 0.909. The largest absolute Gasteiger partial charge is 0.491 e. The van der Waals surface area contributed by atoms with E-state index in [1.807, 2.05) is 12.1 Å². The van der Waals surface area contributed by atoms with E-state index in [1.165, 1.54) is 44.5 Å². The van der Waals surface area contributed by atoms with Crippen molar-refractivity contribution in [3.8, 4) is 5.75 Å². The minimum atomic E-state index is 0.0625. The van der Waals surface area contributed by atoms with Gasteiger partial charge in [-0.25, -0.2) is 0 Å². The Hall–Kier alpha value is -1.10. The summed E-state index contributed by atoms with van der Waals surface area (Å²) in [4.78, 5) is 5.20. The summed E-state index contributed by atoms with van der Waals surface area (Å²) < 4.78 is 5.63. The summed E-state index contributed by atoms with van der Waals surface area (Å²) in [7, 11) is 0. The number of benzene rings is 1. The lowest BCUT2D eigenvalue weighted by atomic mass is 9.97. The second-order valence-electron chi connectivity index (χ2n) is 6.61. The van der Waals surface area contributed by atoms with Crippen molar-refractivity contribution in [3.63, 3.8) is 0 Å². The van der Waals surface area contributed by atoms with Gasteiger partial charge in [-0.15, -0.1) is 0 Å². The van der Waals surface area contributed by atoms with Crippen molar-refractivity contribution >= 4 is 0 Å². The van der Waals surface area contributed by atoms with Crippen molar-refractivity contribution in [3.05, 3.63) is 29.8 Å². The maximum absolute atomic E-state index is 8.92. The van der Waals surface area contributed by atoms with Crippen LogP contribution in [0, 0.1) is 0 Å². The molecule has 0 unspecified atom stereocenters. The molecule has 1 aromatic rings. The third-order valence-electron chi connectivity index (χ3n) is 4.98. The molecule has 4 nitrogen and oxygen atoms in total. The molecule has 0 spiro atoms. The third kappa shape index (κ3) is 3.62. The molecule has 1 aromatic carbocycles. The van der Waals surface area contributed by atoms with Gasteiger partial charge in [0, 0.05) is 37.3 Å². The highest BCUT2D eigenvalue weighted by Crippen LogP contribution is 2.27. The Morgan fingerprint density at radius 3 is 2.82 bits per heavy atom. The summed E-state index contributed by atoms with van der Waals surface area (Å²) in [5, 5.41) is 8.92. The molecule has 3 rings (SSSR count). The van der Waals surface area contributed by atoms with Gasteiger partial charge in [-0.1, -0.05) is 24.6 Å². The molecule has 2 aliphatic heterocycles. The first kappa shape index (κ1) is 15.8. The van der Waals surface area contributed by atoms with E-state index in [9.17, 15) is 0 Å². The lowest BCUT2D eigenvalue weighted by Crippen LogP contribution is -2.61. The summed E-state index contributed by atoms with van der Waals surface area (Å²) in [6, 6.07) is 9.66. The van der Waals surface area contributed by atoms with Gasteiger partial charge in [0.2, 0.25) is 0 Å². The number of hydrogen-bond acceptors (Lipinski definition) is 4. The molecule has 4 heteroatoms. The minimum absolute atomic E-state index is 0.0625. The first-order valence-corrected chi connectivity index (χ1v) is 8.57. The standard InChI is InChI=1S/C18H28N2O2/c1-15-6-4-5-9-20(15)17-13-19(14-17)12-16-7-2-3-8-18(16)22-11-10-21/h2-3,7-8,15,17,21H,4-6,9-14H2,1H3/t15-/m0/s1. The zero-order chi connectivity index (χ0) is 15.4. The number of likely N-dealkylation sites (tertiary alicyclic amines) is 2. The summed E-state index contributed by atoms with van der Waals surface area (Å²) in [5.41, 5.74) is 1.22. The van der Waals surface area contributed by atoms with E-state index in [4.69, 9.17) is 9.84 Å². The second-order valence-corrected chi connectivity index (χ2v) is 6.61. The van der Waals surface area contributed by atoms with Crippen LogP contribution in [0.1, 0.15) is 31.7 Å². The molecule has 0 saturated carbocycles. The molecule has 0 radical (unpaired) electrons. The Bertz CT molecular complexity index is 474. The number of rotatable bonds is 6. The fraction of sp³-hybridized carbons (Fsp3) is 0.667. The fourth-order valence-electron chi connectivity index (χ4n) is 3.72. The Morgan fingerprint density at radius 1 is 1.23 bits per heavy atom. The number of ether oxygens (including phenoxy) is 1. The molecule has 0 bridgehead atoms. The third-order valence-corrected chi connectivity index (χ3v) is 4.98. The van der Waals surface area contributed by atoms with Gasteiger partial charge in [0.05, 0.1) is 6.61 Å². The van der Waals surface area contributed by atoms with Crippen molar-refractivity contribution < 1.29 is 9.84 Å². The monoisotopic (exact) mass is 304 g/mol. The molecule has 0 aromatic heterocycles. The molecule has 0 amide bonds. The number of aliphatic hydroxyl groups excluding tert-OH is 1. The second kappa shape index (κ2) is 7.44. The van der Waals surface area contributed by atoms with E-state index in [1.54, 1.807) is 0 Å². The van der Waals surface area contributed by atoms with Crippen molar-refractivity contribution in [2.75, 3.05) is 32.8 Å². The lowest BCUT2D eigenvalue weighted by Gasteiger charge is -2.49. The Balaban J connectivity index is 1.51. The van der Waals surface area contributed by atoms with E-state index in [-0.39, 0.29) is 6.61 Å². The molecule has 2 aliphatic rings.